The minimum absolute atomic E-state index is 0.203. The molecule has 4 nitrogen and oxygen atoms in total. The van der Waals surface area contributed by atoms with E-state index >= 15 is 0 Å². The number of carbonyl (C=O) groups excluding carboxylic acids is 2. The van der Waals surface area contributed by atoms with Gasteiger partial charge in [0.1, 0.15) is 0 Å². The van der Waals surface area contributed by atoms with E-state index in [2.05, 4.69) is 20.9 Å². The van der Waals surface area contributed by atoms with Crippen molar-refractivity contribution >= 4 is 39.1 Å². The van der Waals surface area contributed by atoms with E-state index in [4.69, 9.17) is 0 Å². The SMILES string of the molecule is CCCCC1(Br)C(=O)c2cccnc2N(c2ccccc2)C1=O. The van der Waals surface area contributed by atoms with Crippen LogP contribution in [0.3, 0.4) is 0 Å². The summed E-state index contributed by atoms with van der Waals surface area (Å²) in [5, 5.41) is 0. The molecule has 118 valence electrons. The number of aromatic nitrogens is 1. The molecule has 1 unspecified atom stereocenters. The zero-order chi connectivity index (χ0) is 16.4. The van der Waals surface area contributed by atoms with Crippen LogP contribution in [-0.4, -0.2) is 21.0 Å². The normalized spacial score (nSPS) is 20.5. The number of Topliss-reactive ketones (excluding diaryl/α,β-unsaturated/α-hetero) is 1. The lowest BCUT2D eigenvalue weighted by Gasteiger charge is -2.37. The van der Waals surface area contributed by atoms with Gasteiger partial charge < -0.3 is 0 Å². The fourth-order valence-corrected chi connectivity index (χ4v) is 3.47. The molecule has 0 spiro atoms. The van der Waals surface area contributed by atoms with Crippen LogP contribution >= 0.6 is 15.9 Å². The molecule has 2 heterocycles. The number of halogens is 1. The third-order valence-electron chi connectivity index (χ3n) is 4.03. The second-order valence-corrected chi connectivity index (χ2v) is 6.94. The Kier molecular flexibility index (Phi) is 4.31. The lowest BCUT2D eigenvalue weighted by atomic mass is 9.87. The van der Waals surface area contributed by atoms with Crippen molar-refractivity contribution in [2.45, 2.75) is 30.5 Å². The second kappa shape index (κ2) is 6.24. The molecule has 23 heavy (non-hydrogen) atoms. The monoisotopic (exact) mass is 372 g/mol. The van der Waals surface area contributed by atoms with Crippen LogP contribution in [0.2, 0.25) is 0 Å². The molecule has 1 atom stereocenters. The predicted molar refractivity (Wildman–Crippen MR) is 93.3 cm³/mol. The van der Waals surface area contributed by atoms with E-state index in [1.54, 1.807) is 23.2 Å². The molecule has 1 amide bonds. The fraction of sp³-hybridized carbons (Fsp3) is 0.278. The van der Waals surface area contributed by atoms with Gasteiger partial charge in [-0.05, 0) is 30.7 Å². The average molecular weight is 373 g/mol. The quantitative estimate of drug-likeness (QED) is 0.594. The van der Waals surface area contributed by atoms with Crippen molar-refractivity contribution in [3.05, 3.63) is 54.2 Å². The molecule has 0 fully saturated rings. The number of ketones is 1. The molecule has 5 heteroatoms. The van der Waals surface area contributed by atoms with Gasteiger partial charge in [0.2, 0.25) is 0 Å². The van der Waals surface area contributed by atoms with Gasteiger partial charge in [-0.25, -0.2) is 4.98 Å². The fourth-order valence-electron chi connectivity index (χ4n) is 2.79. The van der Waals surface area contributed by atoms with Gasteiger partial charge in [-0.15, -0.1) is 0 Å². The molecule has 0 saturated heterocycles. The van der Waals surface area contributed by atoms with E-state index in [1.807, 2.05) is 37.3 Å². The lowest BCUT2D eigenvalue weighted by molar-refractivity contribution is -0.119. The van der Waals surface area contributed by atoms with E-state index in [-0.39, 0.29) is 11.7 Å². The van der Waals surface area contributed by atoms with Crippen molar-refractivity contribution in [2.24, 2.45) is 0 Å². The first-order valence-electron chi connectivity index (χ1n) is 7.68. The molecule has 0 aliphatic carbocycles. The highest BCUT2D eigenvalue weighted by Gasteiger charge is 2.51. The first kappa shape index (κ1) is 15.9. The van der Waals surface area contributed by atoms with E-state index in [1.165, 1.54) is 0 Å². The molecule has 0 radical (unpaired) electrons. The number of carbonyl (C=O) groups is 2. The van der Waals surface area contributed by atoms with Gasteiger partial charge in [0.15, 0.2) is 15.9 Å². The molecular formula is C18H17BrN2O2. The largest absolute Gasteiger partial charge is 0.292 e. The Morgan fingerprint density at radius 3 is 2.57 bits per heavy atom. The number of alkyl halides is 1. The van der Waals surface area contributed by atoms with Gasteiger partial charge >= 0.3 is 0 Å². The third-order valence-corrected chi connectivity index (χ3v) is 5.13. The van der Waals surface area contributed by atoms with Crippen LogP contribution in [0.25, 0.3) is 0 Å². The maximum atomic E-state index is 13.1. The van der Waals surface area contributed by atoms with E-state index in [0.717, 1.165) is 12.8 Å². The molecule has 0 bridgehead atoms. The highest BCUT2D eigenvalue weighted by Crippen LogP contribution is 2.42. The van der Waals surface area contributed by atoms with Crippen molar-refractivity contribution in [3.8, 4) is 0 Å². The van der Waals surface area contributed by atoms with Gasteiger partial charge in [-0.1, -0.05) is 53.9 Å². The third kappa shape index (κ3) is 2.59. The Balaban J connectivity index is 2.17. The summed E-state index contributed by atoms with van der Waals surface area (Å²) in [5.41, 5.74) is 1.19. The summed E-state index contributed by atoms with van der Waals surface area (Å²) in [6, 6.07) is 12.8. The summed E-state index contributed by atoms with van der Waals surface area (Å²) in [7, 11) is 0. The topological polar surface area (TPSA) is 50.3 Å². The van der Waals surface area contributed by atoms with E-state index in [9.17, 15) is 9.59 Å². The highest BCUT2D eigenvalue weighted by atomic mass is 79.9. The maximum Gasteiger partial charge on any atom is 0.257 e. The summed E-state index contributed by atoms with van der Waals surface area (Å²) in [5.74, 6) is -0.0696. The first-order valence-corrected chi connectivity index (χ1v) is 8.47. The number of nitrogens with zero attached hydrogens (tertiary/aromatic N) is 2. The van der Waals surface area contributed by atoms with Gasteiger partial charge in [0.25, 0.3) is 5.91 Å². The van der Waals surface area contributed by atoms with Crippen LogP contribution in [0.5, 0.6) is 0 Å². The van der Waals surface area contributed by atoms with Crippen LogP contribution < -0.4 is 4.90 Å². The zero-order valence-electron chi connectivity index (χ0n) is 12.8. The lowest BCUT2D eigenvalue weighted by Crippen LogP contribution is -2.53. The highest BCUT2D eigenvalue weighted by molar-refractivity contribution is 9.10. The number of hydrogen-bond donors (Lipinski definition) is 0. The predicted octanol–water partition coefficient (Wildman–Crippen LogP) is 4.27. The number of fused-ring (bicyclic) bond motifs is 1. The Hall–Kier alpha value is -2.01. The summed E-state index contributed by atoms with van der Waals surface area (Å²) < 4.78 is -1.21. The van der Waals surface area contributed by atoms with Crippen molar-refractivity contribution in [3.63, 3.8) is 0 Å². The van der Waals surface area contributed by atoms with Gasteiger partial charge in [-0.3, -0.25) is 14.5 Å². The number of amides is 1. The van der Waals surface area contributed by atoms with Crippen LogP contribution in [-0.2, 0) is 4.79 Å². The standard InChI is InChI=1S/C18H17BrN2O2/c1-2-3-11-18(19)15(22)14-10-7-12-20-16(14)21(17(18)23)13-8-5-4-6-9-13/h4-10,12H,2-3,11H2,1H3. The molecule has 1 aliphatic heterocycles. The van der Waals surface area contributed by atoms with Gasteiger partial charge in [-0.2, -0.15) is 0 Å². The summed E-state index contributed by atoms with van der Waals surface area (Å²) in [4.78, 5) is 31.9. The second-order valence-electron chi connectivity index (χ2n) is 5.58. The Morgan fingerprint density at radius 2 is 1.87 bits per heavy atom. The van der Waals surface area contributed by atoms with Crippen LogP contribution in [0, 0.1) is 0 Å². The van der Waals surface area contributed by atoms with Crippen LogP contribution in [0.15, 0.2) is 48.7 Å². The summed E-state index contributed by atoms with van der Waals surface area (Å²) in [6.45, 7) is 2.04. The number of para-hydroxylation sites is 1. The molecule has 1 aliphatic rings. The van der Waals surface area contributed by atoms with Gasteiger partial charge in [0, 0.05) is 6.20 Å². The summed E-state index contributed by atoms with van der Waals surface area (Å²) in [6.07, 6.45) is 3.78. The zero-order valence-corrected chi connectivity index (χ0v) is 14.4. The molecule has 0 N–H and O–H groups in total. The van der Waals surface area contributed by atoms with Gasteiger partial charge in [0.05, 0.1) is 11.3 Å². The molecule has 1 aromatic heterocycles. The number of hydrogen-bond acceptors (Lipinski definition) is 3. The number of unbranched alkanes of at least 4 members (excludes halogenated alkanes) is 1. The Morgan fingerprint density at radius 1 is 1.13 bits per heavy atom. The molecule has 2 aromatic rings. The number of benzene rings is 1. The molecule has 3 rings (SSSR count). The molecular weight excluding hydrogens is 356 g/mol. The minimum Gasteiger partial charge on any atom is -0.292 e. The molecule has 0 saturated carbocycles. The van der Waals surface area contributed by atoms with Crippen molar-refractivity contribution in [2.75, 3.05) is 4.90 Å². The van der Waals surface area contributed by atoms with Crippen LogP contribution in [0.1, 0.15) is 36.5 Å². The van der Waals surface area contributed by atoms with Crippen molar-refractivity contribution in [1.82, 2.24) is 4.98 Å². The Labute approximate surface area is 143 Å². The first-order chi connectivity index (χ1) is 11.1. The number of pyridine rings is 1. The molecule has 1 aromatic carbocycles. The van der Waals surface area contributed by atoms with E-state index in [0.29, 0.717) is 23.5 Å². The smallest absolute Gasteiger partial charge is 0.257 e. The Bertz CT molecular complexity index is 748. The van der Waals surface area contributed by atoms with Crippen molar-refractivity contribution < 1.29 is 9.59 Å². The number of anilines is 2. The van der Waals surface area contributed by atoms with Crippen molar-refractivity contribution in [1.29, 1.82) is 0 Å². The minimum atomic E-state index is -1.21. The number of rotatable bonds is 4. The summed E-state index contributed by atoms with van der Waals surface area (Å²) >= 11 is 3.47. The average Bonchev–Trinajstić information content (AvgIpc) is 2.59. The van der Waals surface area contributed by atoms with E-state index < -0.39 is 4.32 Å². The van der Waals surface area contributed by atoms with Crippen LogP contribution in [0.4, 0.5) is 11.5 Å². The maximum absolute atomic E-state index is 13.1.